The molecule has 1 heterocycles. The third-order valence-corrected chi connectivity index (χ3v) is 6.20. The van der Waals surface area contributed by atoms with E-state index in [4.69, 9.17) is 9.47 Å². The van der Waals surface area contributed by atoms with Crippen molar-refractivity contribution in [3.63, 3.8) is 0 Å². The molecule has 1 amide bonds. The van der Waals surface area contributed by atoms with Crippen molar-refractivity contribution in [2.24, 2.45) is 0 Å². The summed E-state index contributed by atoms with van der Waals surface area (Å²) in [5.74, 6) is 1.01. The van der Waals surface area contributed by atoms with E-state index in [9.17, 15) is 9.18 Å². The second-order valence-corrected chi connectivity index (χ2v) is 8.69. The van der Waals surface area contributed by atoms with Gasteiger partial charge in [-0.3, -0.25) is 9.69 Å². The maximum Gasteiger partial charge on any atom is 0.282 e. The van der Waals surface area contributed by atoms with Crippen molar-refractivity contribution in [1.82, 2.24) is 20.4 Å². The van der Waals surface area contributed by atoms with Gasteiger partial charge in [0.05, 0.1) is 20.8 Å². The van der Waals surface area contributed by atoms with Gasteiger partial charge in [0.25, 0.3) is 5.91 Å². The lowest BCUT2D eigenvalue weighted by atomic mass is 10.1. The summed E-state index contributed by atoms with van der Waals surface area (Å²) in [5, 5.41) is 12.2. The van der Waals surface area contributed by atoms with Crippen molar-refractivity contribution in [1.29, 1.82) is 0 Å². The molecular weight excluding hydrogens is 431 g/mol. The Morgan fingerprint density at radius 3 is 2.59 bits per heavy atom. The molecule has 1 aromatic heterocycles. The molecule has 0 radical (unpaired) electrons. The van der Waals surface area contributed by atoms with Gasteiger partial charge in [-0.2, -0.15) is 0 Å². The van der Waals surface area contributed by atoms with Crippen molar-refractivity contribution in [2.45, 2.75) is 38.5 Å². The lowest BCUT2D eigenvalue weighted by molar-refractivity contribution is 0.0950. The average molecular weight is 457 g/mol. The molecule has 2 aromatic carbocycles. The summed E-state index contributed by atoms with van der Waals surface area (Å²) in [5.41, 5.74) is 1.86. The summed E-state index contributed by atoms with van der Waals surface area (Å²) in [4.78, 5) is 14.8. The van der Waals surface area contributed by atoms with Crippen LogP contribution in [0.4, 0.5) is 4.39 Å². The molecule has 1 aliphatic carbocycles. The van der Waals surface area contributed by atoms with Gasteiger partial charge in [0.1, 0.15) is 22.3 Å². The number of aromatic nitrogens is 2. The number of methoxy groups -OCH3 is 2. The Morgan fingerprint density at radius 1 is 1.12 bits per heavy atom. The molecule has 0 bridgehead atoms. The van der Waals surface area contributed by atoms with Crippen LogP contribution < -0.4 is 14.8 Å². The molecule has 0 saturated heterocycles. The smallest absolute Gasteiger partial charge is 0.282 e. The Morgan fingerprint density at radius 2 is 1.91 bits per heavy atom. The fraction of sp³-hybridized carbons (Fsp3) is 0.348. The van der Waals surface area contributed by atoms with E-state index in [2.05, 4.69) is 20.4 Å². The number of ether oxygens (including phenoxy) is 2. The van der Waals surface area contributed by atoms with Gasteiger partial charge in [0.15, 0.2) is 0 Å². The van der Waals surface area contributed by atoms with E-state index >= 15 is 0 Å². The first kappa shape index (κ1) is 22.2. The van der Waals surface area contributed by atoms with Crippen LogP contribution in [-0.2, 0) is 19.6 Å². The Bertz CT molecular complexity index is 1070. The van der Waals surface area contributed by atoms with Crippen molar-refractivity contribution >= 4 is 17.2 Å². The van der Waals surface area contributed by atoms with Crippen LogP contribution in [0.25, 0.3) is 0 Å². The predicted octanol–water partition coefficient (Wildman–Crippen LogP) is 3.79. The summed E-state index contributed by atoms with van der Waals surface area (Å²) in [6.45, 7) is 1.60. The van der Waals surface area contributed by atoms with Gasteiger partial charge < -0.3 is 14.8 Å². The highest BCUT2D eigenvalue weighted by molar-refractivity contribution is 7.13. The van der Waals surface area contributed by atoms with Crippen LogP contribution in [0.1, 0.15) is 38.8 Å². The third kappa shape index (κ3) is 5.60. The molecule has 1 saturated carbocycles. The SMILES string of the molecule is COc1ccc(OC)c(CN(Cc2nnc(C(=O)NCc3ccc(F)cc3)s2)C2CC2)c1. The number of hydrogen-bond acceptors (Lipinski definition) is 7. The zero-order valence-electron chi connectivity index (χ0n) is 18.0. The van der Waals surface area contributed by atoms with Crippen LogP contribution in [0.5, 0.6) is 11.5 Å². The zero-order valence-corrected chi connectivity index (χ0v) is 18.8. The highest BCUT2D eigenvalue weighted by atomic mass is 32.1. The quantitative estimate of drug-likeness (QED) is 0.500. The van der Waals surface area contributed by atoms with Gasteiger partial charge in [0, 0.05) is 24.7 Å². The maximum atomic E-state index is 13.0. The summed E-state index contributed by atoms with van der Waals surface area (Å²) in [7, 11) is 3.31. The number of hydrogen-bond donors (Lipinski definition) is 1. The van der Waals surface area contributed by atoms with Crippen LogP contribution in [0.2, 0.25) is 0 Å². The minimum absolute atomic E-state index is 0.287. The first-order chi connectivity index (χ1) is 15.6. The van der Waals surface area contributed by atoms with Crippen LogP contribution in [0.15, 0.2) is 42.5 Å². The average Bonchev–Trinajstić information content (AvgIpc) is 3.56. The molecule has 7 nitrogen and oxygen atoms in total. The summed E-state index contributed by atoms with van der Waals surface area (Å²) in [6, 6.07) is 12.3. The Balaban J connectivity index is 1.39. The molecule has 0 spiro atoms. The highest BCUT2D eigenvalue weighted by Gasteiger charge is 2.30. The molecule has 1 aliphatic rings. The van der Waals surface area contributed by atoms with Crippen molar-refractivity contribution in [3.8, 4) is 11.5 Å². The largest absolute Gasteiger partial charge is 0.497 e. The zero-order chi connectivity index (χ0) is 22.5. The second-order valence-electron chi connectivity index (χ2n) is 7.62. The number of carbonyl (C=O) groups excluding carboxylic acids is 1. The number of rotatable bonds is 10. The van der Waals surface area contributed by atoms with Gasteiger partial charge in [-0.1, -0.05) is 23.5 Å². The van der Waals surface area contributed by atoms with Crippen molar-refractivity contribution in [3.05, 3.63) is 69.4 Å². The van der Waals surface area contributed by atoms with Gasteiger partial charge in [-0.05, 0) is 48.7 Å². The number of nitrogens with one attached hydrogen (secondary N) is 1. The monoisotopic (exact) mass is 456 g/mol. The molecular formula is C23H25FN4O3S. The summed E-state index contributed by atoms with van der Waals surface area (Å²) < 4.78 is 23.9. The Labute approximate surface area is 190 Å². The Kier molecular flexibility index (Phi) is 6.96. The van der Waals surface area contributed by atoms with Crippen molar-refractivity contribution < 1.29 is 18.7 Å². The van der Waals surface area contributed by atoms with Gasteiger partial charge >= 0.3 is 0 Å². The van der Waals surface area contributed by atoms with Gasteiger partial charge in [-0.25, -0.2) is 4.39 Å². The minimum Gasteiger partial charge on any atom is -0.497 e. The van der Waals surface area contributed by atoms with E-state index in [1.165, 1.54) is 23.5 Å². The minimum atomic E-state index is -0.305. The van der Waals surface area contributed by atoms with E-state index < -0.39 is 0 Å². The van der Waals surface area contributed by atoms with Crippen LogP contribution in [0, 0.1) is 5.82 Å². The first-order valence-corrected chi connectivity index (χ1v) is 11.2. The molecule has 1 N–H and O–H groups in total. The number of halogens is 1. The number of carbonyl (C=O) groups is 1. The molecule has 3 aromatic rings. The van der Waals surface area contributed by atoms with Crippen LogP contribution in [-0.4, -0.2) is 41.3 Å². The predicted molar refractivity (Wildman–Crippen MR) is 119 cm³/mol. The lowest BCUT2D eigenvalue weighted by Gasteiger charge is -2.22. The number of benzene rings is 2. The Hall–Kier alpha value is -3.04. The lowest BCUT2D eigenvalue weighted by Crippen LogP contribution is -2.25. The molecule has 1 fully saturated rings. The second kappa shape index (κ2) is 10.1. The van der Waals surface area contributed by atoms with E-state index in [-0.39, 0.29) is 11.7 Å². The molecule has 0 aliphatic heterocycles. The van der Waals surface area contributed by atoms with Crippen molar-refractivity contribution in [2.75, 3.05) is 14.2 Å². The van der Waals surface area contributed by atoms with E-state index in [0.29, 0.717) is 30.7 Å². The maximum absolute atomic E-state index is 13.0. The number of amides is 1. The summed E-state index contributed by atoms with van der Waals surface area (Å²) in [6.07, 6.45) is 2.27. The van der Waals surface area contributed by atoms with Crippen LogP contribution in [0.3, 0.4) is 0 Å². The molecule has 32 heavy (non-hydrogen) atoms. The van der Waals surface area contributed by atoms with Gasteiger partial charge in [-0.15, -0.1) is 10.2 Å². The molecule has 9 heteroatoms. The molecule has 0 unspecified atom stereocenters. The fourth-order valence-electron chi connectivity index (χ4n) is 3.42. The fourth-order valence-corrected chi connectivity index (χ4v) is 4.20. The first-order valence-electron chi connectivity index (χ1n) is 10.4. The van der Waals surface area contributed by atoms with E-state index in [0.717, 1.165) is 40.5 Å². The summed E-state index contributed by atoms with van der Waals surface area (Å²) >= 11 is 1.29. The topological polar surface area (TPSA) is 76.6 Å². The van der Waals surface area contributed by atoms with E-state index in [1.807, 2.05) is 18.2 Å². The normalized spacial score (nSPS) is 13.2. The van der Waals surface area contributed by atoms with Crippen LogP contribution >= 0.6 is 11.3 Å². The molecule has 0 atom stereocenters. The highest BCUT2D eigenvalue weighted by Crippen LogP contribution is 2.33. The standard InChI is InChI=1S/C23H25FN4O3S/c1-30-19-9-10-20(31-2)16(11-19)13-28(18-7-8-18)14-21-26-27-23(32-21)22(29)25-12-15-3-5-17(24)6-4-15/h3-6,9-11,18H,7-8,12-14H2,1-2H3,(H,25,29). The third-order valence-electron chi connectivity index (χ3n) is 5.29. The number of nitrogens with zero attached hydrogens (tertiary/aromatic N) is 3. The van der Waals surface area contributed by atoms with E-state index in [1.54, 1.807) is 26.4 Å². The molecule has 4 rings (SSSR count). The van der Waals surface area contributed by atoms with Gasteiger partial charge in [0.2, 0.25) is 5.01 Å². The molecule has 168 valence electrons.